The number of fused-ring (bicyclic) bond motifs is 3. The molecule has 2 aliphatic rings. The zero-order valence-corrected chi connectivity index (χ0v) is 17.9. The van der Waals surface area contributed by atoms with Crippen molar-refractivity contribution in [3.8, 4) is 0 Å². The number of rotatable bonds is 7. The van der Waals surface area contributed by atoms with Crippen molar-refractivity contribution in [3.05, 3.63) is 40.4 Å². The van der Waals surface area contributed by atoms with Crippen molar-refractivity contribution < 1.29 is 14.3 Å². The van der Waals surface area contributed by atoms with E-state index in [1.807, 2.05) is 23.5 Å². The van der Waals surface area contributed by atoms with Crippen molar-refractivity contribution >= 4 is 27.4 Å². The summed E-state index contributed by atoms with van der Waals surface area (Å²) in [5, 5.41) is 14.4. The van der Waals surface area contributed by atoms with Gasteiger partial charge in [-0.05, 0) is 49.8 Å². The molecule has 1 saturated heterocycles. The van der Waals surface area contributed by atoms with E-state index in [0.717, 1.165) is 73.3 Å². The molecule has 3 aromatic heterocycles. The molecule has 0 bridgehead atoms. The summed E-state index contributed by atoms with van der Waals surface area (Å²) in [4.78, 5) is 14.8. The Labute approximate surface area is 180 Å². The van der Waals surface area contributed by atoms with E-state index in [-0.39, 0.29) is 12.6 Å². The molecule has 0 spiro atoms. The summed E-state index contributed by atoms with van der Waals surface area (Å²) < 4.78 is 11.1. The van der Waals surface area contributed by atoms with E-state index in [4.69, 9.17) is 19.1 Å². The highest BCUT2D eigenvalue weighted by Gasteiger charge is 2.24. The van der Waals surface area contributed by atoms with Gasteiger partial charge < -0.3 is 19.6 Å². The molecule has 7 nitrogen and oxygen atoms in total. The number of aliphatic hydroxyl groups excluding tert-OH is 1. The van der Waals surface area contributed by atoms with Crippen molar-refractivity contribution in [1.29, 1.82) is 0 Å². The number of nitrogens with zero attached hydrogens (tertiary/aromatic N) is 3. The Balaban J connectivity index is 1.53. The molecule has 1 aliphatic heterocycles. The van der Waals surface area contributed by atoms with Crippen LogP contribution in [0.3, 0.4) is 0 Å². The van der Waals surface area contributed by atoms with Gasteiger partial charge in [-0.1, -0.05) is 0 Å². The number of furan rings is 1. The largest absolute Gasteiger partial charge is 0.467 e. The summed E-state index contributed by atoms with van der Waals surface area (Å²) in [6.07, 6.45) is 6.91. The third-order valence-electron chi connectivity index (χ3n) is 5.95. The van der Waals surface area contributed by atoms with E-state index in [2.05, 4.69) is 10.2 Å². The molecule has 4 heterocycles. The second-order valence-electron chi connectivity index (χ2n) is 7.99. The second-order valence-corrected chi connectivity index (χ2v) is 9.08. The summed E-state index contributed by atoms with van der Waals surface area (Å²) >= 11 is 1.82. The predicted molar refractivity (Wildman–Crippen MR) is 117 cm³/mol. The normalized spacial score (nSPS) is 18.4. The van der Waals surface area contributed by atoms with Crippen LogP contribution in [0.1, 0.15) is 47.3 Å². The number of nitrogens with one attached hydrogen (secondary N) is 1. The van der Waals surface area contributed by atoms with Gasteiger partial charge in [-0.3, -0.25) is 4.90 Å². The Bertz CT molecular complexity index is 982. The van der Waals surface area contributed by atoms with Gasteiger partial charge >= 0.3 is 0 Å². The van der Waals surface area contributed by atoms with Crippen molar-refractivity contribution in [1.82, 2.24) is 14.9 Å². The Morgan fingerprint density at radius 2 is 2.07 bits per heavy atom. The van der Waals surface area contributed by atoms with Gasteiger partial charge in [0.25, 0.3) is 0 Å². The van der Waals surface area contributed by atoms with Gasteiger partial charge in [0.05, 0.1) is 37.4 Å². The molecule has 5 rings (SSSR count). The summed E-state index contributed by atoms with van der Waals surface area (Å²) in [6, 6.07) is 3.70. The maximum Gasteiger partial charge on any atom is 0.146 e. The SMILES string of the molecule is OCCC(Nc1nc(CN2CCOCC2)nc2sc3c(c12)CCCC3)c1ccco1. The van der Waals surface area contributed by atoms with Crippen molar-refractivity contribution in [3.63, 3.8) is 0 Å². The first-order valence-corrected chi connectivity index (χ1v) is 11.7. The molecule has 0 radical (unpaired) electrons. The fourth-order valence-electron chi connectivity index (χ4n) is 4.41. The standard InChI is InChI=1S/C22H28N4O3S/c27-10-7-16(17-5-3-11-29-17)23-21-20-15-4-1-2-6-18(15)30-22(20)25-19(24-21)14-26-8-12-28-13-9-26/h3,5,11,16,27H,1-2,4,6-10,12-14H2,(H,23,24,25). The molecule has 0 amide bonds. The lowest BCUT2D eigenvalue weighted by molar-refractivity contribution is 0.0331. The van der Waals surface area contributed by atoms with Crippen LogP contribution in [0.2, 0.25) is 0 Å². The van der Waals surface area contributed by atoms with E-state index in [1.54, 1.807) is 6.26 Å². The molecule has 1 aliphatic carbocycles. The Kier molecular flexibility index (Phi) is 5.99. The zero-order chi connectivity index (χ0) is 20.3. The number of aromatic nitrogens is 2. The summed E-state index contributed by atoms with van der Waals surface area (Å²) in [5.41, 5.74) is 1.41. The van der Waals surface area contributed by atoms with Gasteiger partial charge in [-0.2, -0.15) is 0 Å². The van der Waals surface area contributed by atoms with Crippen LogP contribution in [0, 0.1) is 0 Å². The highest BCUT2D eigenvalue weighted by atomic mass is 32.1. The van der Waals surface area contributed by atoms with Crippen LogP contribution in [-0.4, -0.2) is 52.9 Å². The second kappa shape index (κ2) is 9.01. The zero-order valence-electron chi connectivity index (χ0n) is 17.1. The molecule has 3 aromatic rings. The molecule has 1 unspecified atom stereocenters. The topological polar surface area (TPSA) is 83.7 Å². The lowest BCUT2D eigenvalue weighted by atomic mass is 9.97. The van der Waals surface area contributed by atoms with Crippen molar-refractivity contribution in [2.45, 2.75) is 44.7 Å². The number of hydrogen-bond donors (Lipinski definition) is 2. The summed E-state index contributed by atoms with van der Waals surface area (Å²) in [6.45, 7) is 4.14. The molecule has 1 fully saturated rings. The molecule has 160 valence electrons. The number of morpholine rings is 1. The van der Waals surface area contributed by atoms with Gasteiger partial charge in [0.1, 0.15) is 22.2 Å². The van der Waals surface area contributed by atoms with E-state index in [1.165, 1.54) is 23.3 Å². The van der Waals surface area contributed by atoms with Gasteiger partial charge in [0.2, 0.25) is 0 Å². The van der Waals surface area contributed by atoms with Gasteiger partial charge in [-0.15, -0.1) is 11.3 Å². The smallest absolute Gasteiger partial charge is 0.146 e. The fourth-order valence-corrected chi connectivity index (χ4v) is 5.69. The van der Waals surface area contributed by atoms with Crippen LogP contribution < -0.4 is 5.32 Å². The average Bonchev–Trinajstić information content (AvgIpc) is 3.42. The highest BCUT2D eigenvalue weighted by Crippen LogP contribution is 2.39. The van der Waals surface area contributed by atoms with Crippen LogP contribution in [-0.2, 0) is 24.1 Å². The van der Waals surface area contributed by atoms with Crippen LogP contribution in [0.4, 0.5) is 5.82 Å². The quantitative estimate of drug-likeness (QED) is 0.596. The molecular formula is C22H28N4O3S. The molecule has 1 atom stereocenters. The Hall–Kier alpha value is -2.00. The number of thiophene rings is 1. The van der Waals surface area contributed by atoms with Crippen LogP contribution >= 0.6 is 11.3 Å². The van der Waals surface area contributed by atoms with Crippen molar-refractivity contribution in [2.24, 2.45) is 0 Å². The number of aliphatic hydroxyl groups is 1. The van der Waals surface area contributed by atoms with Gasteiger partial charge in [0, 0.05) is 24.6 Å². The van der Waals surface area contributed by atoms with Gasteiger partial charge in [-0.25, -0.2) is 9.97 Å². The maximum atomic E-state index is 9.62. The molecular weight excluding hydrogens is 400 g/mol. The number of anilines is 1. The Morgan fingerprint density at radius 1 is 1.20 bits per heavy atom. The molecule has 8 heteroatoms. The minimum Gasteiger partial charge on any atom is -0.467 e. The average molecular weight is 429 g/mol. The fraction of sp³-hybridized carbons (Fsp3) is 0.545. The third kappa shape index (κ3) is 4.09. The monoisotopic (exact) mass is 428 g/mol. The van der Waals surface area contributed by atoms with E-state index in [0.29, 0.717) is 6.42 Å². The summed E-state index contributed by atoms with van der Waals surface area (Å²) in [7, 11) is 0. The van der Waals surface area contributed by atoms with E-state index in [9.17, 15) is 5.11 Å². The predicted octanol–water partition coefficient (Wildman–Crippen LogP) is 3.53. The molecule has 2 N–H and O–H groups in total. The highest BCUT2D eigenvalue weighted by molar-refractivity contribution is 7.19. The minimum absolute atomic E-state index is 0.0783. The van der Waals surface area contributed by atoms with Gasteiger partial charge in [0.15, 0.2) is 0 Å². The number of aryl methyl sites for hydroxylation is 2. The molecule has 0 aromatic carbocycles. The van der Waals surface area contributed by atoms with E-state index >= 15 is 0 Å². The number of ether oxygens (including phenoxy) is 1. The Morgan fingerprint density at radius 3 is 2.87 bits per heavy atom. The first kappa shape index (κ1) is 19.9. The van der Waals surface area contributed by atoms with E-state index < -0.39 is 0 Å². The first-order valence-electron chi connectivity index (χ1n) is 10.8. The maximum absolute atomic E-state index is 9.62. The molecule has 0 saturated carbocycles. The minimum atomic E-state index is -0.126. The third-order valence-corrected chi connectivity index (χ3v) is 7.13. The van der Waals surface area contributed by atoms with Crippen LogP contribution in [0.25, 0.3) is 10.2 Å². The lowest BCUT2D eigenvalue weighted by Crippen LogP contribution is -2.36. The number of hydrogen-bond acceptors (Lipinski definition) is 8. The van der Waals surface area contributed by atoms with Crippen molar-refractivity contribution in [2.75, 3.05) is 38.2 Å². The van der Waals surface area contributed by atoms with Crippen LogP contribution in [0.5, 0.6) is 0 Å². The first-order chi connectivity index (χ1) is 14.8. The summed E-state index contributed by atoms with van der Waals surface area (Å²) in [5.74, 6) is 2.53. The van der Waals surface area contributed by atoms with Crippen LogP contribution in [0.15, 0.2) is 22.8 Å². The molecule has 30 heavy (non-hydrogen) atoms. The lowest BCUT2D eigenvalue weighted by Gasteiger charge is -2.26.